The topological polar surface area (TPSA) is 49.8 Å². The van der Waals surface area contributed by atoms with Crippen molar-refractivity contribution in [3.05, 3.63) is 0 Å². The molecule has 1 rings (SSSR count). The van der Waals surface area contributed by atoms with Gasteiger partial charge in [0.15, 0.2) is 0 Å². The fourth-order valence-electron chi connectivity index (χ4n) is 2.61. The Balaban J connectivity index is 2.65. The van der Waals surface area contributed by atoms with Crippen LogP contribution >= 0.6 is 0 Å². The molecule has 4 heteroatoms. The van der Waals surface area contributed by atoms with Crippen molar-refractivity contribution < 1.29 is 14.6 Å². The van der Waals surface area contributed by atoms with Crippen LogP contribution in [0.5, 0.6) is 0 Å². The van der Waals surface area contributed by atoms with Crippen LogP contribution in [0, 0.1) is 11.3 Å². The lowest BCUT2D eigenvalue weighted by atomic mass is 9.83. The van der Waals surface area contributed by atoms with Crippen molar-refractivity contribution in [2.45, 2.75) is 40.2 Å². The van der Waals surface area contributed by atoms with E-state index in [2.05, 4.69) is 18.7 Å². The lowest BCUT2D eigenvalue weighted by Crippen LogP contribution is -2.40. The van der Waals surface area contributed by atoms with Gasteiger partial charge in [-0.25, -0.2) is 0 Å². The van der Waals surface area contributed by atoms with E-state index in [-0.39, 0.29) is 11.5 Å². The molecule has 0 radical (unpaired) electrons. The number of likely N-dealkylation sites (tertiary alicyclic amines) is 1. The van der Waals surface area contributed by atoms with Crippen LogP contribution in [-0.2, 0) is 9.53 Å². The average molecular weight is 243 g/mol. The van der Waals surface area contributed by atoms with E-state index in [0.29, 0.717) is 12.3 Å². The summed E-state index contributed by atoms with van der Waals surface area (Å²) in [5.74, 6) is -0.281. The normalized spacial score (nSPS) is 26.0. The number of hydrogen-bond acceptors (Lipinski definition) is 3. The minimum Gasteiger partial charge on any atom is -0.480 e. The van der Waals surface area contributed by atoms with Gasteiger partial charge in [0.05, 0.1) is 6.61 Å². The lowest BCUT2D eigenvalue weighted by molar-refractivity contribution is -0.143. The van der Waals surface area contributed by atoms with Gasteiger partial charge < -0.3 is 9.84 Å². The second-order valence-corrected chi connectivity index (χ2v) is 5.54. The summed E-state index contributed by atoms with van der Waals surface area (Å²) in [5, 5.41) is 9.19. The van der Waals surface area contributed by atoms with Crippen molar-refractivity contribution >= 4 is 5.97 Å². The second-order valence-electron chi connectivity index (χ2n) is 5.54. The van der Waals surface area contributed by atoms with Gasteiger partial charge in [-0.1, -0.05) is 20.8 Å². The smallest absolute Gasteiger partial charge is 0.320 e. The molecule has 0 spiro atoms. The van der Waals surface area contributed by atoms with Gasteiger partial charge in [-0.05, 0) is 18.8 Å². The number of carbonyl (C=O) groups is 1. The number of rotatable bonds is 6. The van der Waals surface area contributed by atoms with E-state index >= 15 is 0 Å². The van der Waals surface area contributed by atoms with Crippen LogP contribution in [0.2, 0.25) is 0 Å². The standard InChI is InChI=1S/C13H25NO3/c1-5-11(12(15)16)14-7-10(8-17-6-2)13(3,4)9-14/h10-11H,5-9H2,1-4H3,(H,15,16)/t10-,11-/m1/s1. The maximum absolute atomic E-state index is 11.2. The highest BCUT2D eigenvalue weighted by Gasteiger charge is 2.42. The average Bonchev–Trinajstić information content (AvgIpc) is 2.51. The van der Waals surface area contributed by atoms with Gasteiger partial charge >= 0.3 is 5.97 Å². The molecular formula is C13H25NO3. The van der Waals surface area contributed by atoms with Gasteiger partial charge in [-0.2, -0.15) is 0 Å². The van der Waals surface area contributed by atoms with Crippen molar-refractivity contribution in [1.29, 1.82) is 0 Å². The fourth-order valence-corrected chi connectivity index (χ4v) is 2.61. The summed E-state index contributed by atoms with van der Waals surface area (Å²) in [6.45, 7) is 11.5. The third-order valence-electron chi connectivity index (χ3n) is 3.81. The molecule has 0 aromatic rings. The summed E-state index contributed by atoms with van der Waals surface area (Å²) in [5.41, 5.74) is 0.137. The Kier molecular flexibility index (Phi) is 4.95. The van der Waals surface area contributed by atoms with Crippen molar-refractivity contribution in [3.8, 4) is 0 Å². The summed E-state index contributed by atoms with van der Waals surface area (Å²) < 4.78 is 5.50. The molecule has 0 saturated carbocycles. The largest absolute Gasteiger partial charge is 0.480 e. The lowest BCUT2D eigenvalue weighted by Gasteiger charge is -2.26. The minimum absolute atomic E-state index is 0.137. The van der Waals surface area contributed by atoms with Crippen LogP contribution in [0.3, 0.4) is 0 Å². The Hall–Kier alpha value is -0.610. The molecule has 0 aromatic carbocycles. The van der Waals surface area contributed by atoms with Crippen molar-refractivity contribution in [2.24, 2.45) is 11.3 Å². The molecule has 0 unspecified atom stereocenters. The highest BCUT2D eigenvalue weighted by Crippen LogP contribution is 2.36. The van der Waals surface area contributed by atoms with Gasteiger partial charge in [-0.3, -0.25) is 9.69 Å². The van der Waals surface area contributed by atoms with Crippen molar-refractivity contribution in [1.82, 2.24) is 4.90 Å². The maximum atomic E-state index is 11.2. The Labute approximate surface area is 104 Å². The highest BCUT2D eigenvalue weighted by atomic mass is 16.5. The van der Waals surface area contributed by atoms with Crippen LogP contribution in [0.1, 0.15) is 34.1 Å². The number of hydrogen-bond donors (Lipinski definition) is 1. The SMILES string of the molecule is CCOC[C@H]1CN([C@H](CC)C(=O)O)CC1(C)C. The van der Waals surface area contributed by atoms with Crippen LogP contribution in [0.25, 0.3) is 0 Å². The first kappa shape index (κ1) is 14.5. The van der Waals surface area contributed by atoms with Crippen LogP contribution in [0.4, 0.5) is 0 Å². The van der Waals surface area contributed by atoms with E-state index in [1.807, 2.05) is 13.8 Å². The highest BCUT2D eigenvalue weighted by molar-refractivity contribution is 5.73. The zero-order chi connectivity index (χ0) is 13.1. The molecule has 4 nitrogen and oxygen atoms in total. The first-order chi connectivity index (χ1) is 7.92. The number of ether oxygens (including phenoxy) is 1. The van der Waals surface area contributed by atoms with Crippen LogP contribution < -0.4 is 0 Å². The van der Waals surface area contributed by atoms with Gasteiger partial charge in [0.25, 0.3) is 0 Å². The molecule has 2 atom stereocenters. The van der Waals surface area contributed by atoms with E-state index in [4.69, 9.17) is 4.74 Å². The number of aliphatic carboxylic acids is 1. The number of nitrogens with zero attached hydrogens (tertiary/aromatic N) is 1. The predicted octanol–water partition coefficient (Wildman–Crippen LogP) is 1.84. The zero-order valence-electron chi connectivity index (χ0n) is 11.4. The van der Waals surface area contributed by atoms with E-state index in [1.54, 1.807) is 0 Å². The van der Waals surface area contributed by atoms with Crippen molar-refractivity contribution in [2.75, 3.05) is 26.3 Å². The van der Waals surface area contributed by atoms with Crippen molar-refractivity contribution in [3.63, 3.8) is 0 Å². The third kappa shape index (κ3) is 3.42. The second kappa shape index (κ2) is 5.83. The third-order valence-corrected chi connectivity index (χ3v) is 3.81. The van der Waals surface area contributed by atoms with E-state index in [1.165, 1.54) is 0 Å². The zero-order valence-corrected chi connectivity index (χ0v) is 11.4. The monoisotopic (exact) mass is 243 g/mol. The van der Waals surface area contributed by atoms with Gasteiger partial charge in [0.1, 0.15) is 6.04 Å². The number of carboxylic acid groups (broad SMARTS) is 1. The van der Waals surface area contributed by atoms with Crippen LogP contribution in [0.15, 0.2) is 0 Å². The molecule has 100 valence electrons. The molecule has 0 amide bonds. The Morgan fingerprint density at radius 3 is 2.65 bits per heavy atom. The molecule has 1 fully saturated rings. The summed E-state index contributed by atoms with van der Waals surface area (Å²) in [6, 6.07) is -0.346. The first-order valence-electron chi connectivity index (χ1n) is 6.47. The first-order valence-corrected chi connectivity index (χ1v) is 6.47. The van der Waals surface area contributed by atoms with Crippen LogP contribution in [-0.4, -0.2) is 48.3 Å². The van der Waals surface area contributed by atoms with E-state index in [9.17, 15) is 9.90 Å². The van der Waals surface area contributed by atoms with Gasteiger partial charge in [-0.15, -0.1) is 0 Å². The molecule has 0 aliphatic carbocycles. The predicted molar refractivity (Wildman–Crippen MR) is 67.1 cm³/mol. The summed E-state index contributed by atoms with van der Waals surface area (Å²) in [4.78, 5) is 13.3. The molecule has 1 aliphatic heterocycles. The molecule has 0 bridgehead atoms. The number of carboxylic acids is 1. The maximum Gasteiger partial charge on any atom is 0.320 e. The summed E-state index contributed by atoms with van der Waals surface area (Å²) in [6.07, 6.45) is 0.659. The fraction of sp³-hybridized carbons (Fsp3) is 0.923. The minimum atomic E-state index is -0.708. The molecule has 1 saturated heterocycles. The Bertz CT molecular complexity index is 265. The molecule has 0 aromatic heterocycles. The van der Waals surface area contributed by atoms with Gasteiger partial charge in [0, 0.05) is 25.6 Å². The van der Waals surface area contributed by atoms with E-state index in [0.717, 1.165) is 26.3 Å². The Morgan fingerprint density at radius 1 is 1.53 bits per heavy atom. The molecule has 1 aliphatic rings. The quantitative estimate of drug-likeness (QED) is 0.773. The van der Waals surface area contributed by atoms with Gasteiger partial charge in [0.2, 0.25) is 0 Å². The molecule has 1 heterocycles. The van der Waals surface area contributed by atoms with E-state index < -0.39 is 5.97 Å². The molecule has 17 heavy (non-hydrogen) atoms. The summed E-state index contributed by atoms with van der Waals surface area (Å²) >= 11 is 0. The molecule has 1 N–H and O–H groups in total. The molecular weight excluding hydrogens is 218 g/mol. The summed E-state index contributed by atoms with van der Waals surface area (Å²) in [7, 11) is 0. The Morgan fingerprint density at radius 2 is 2.18 bits per heavy atom.